The highest BCUT2D eigenvalue weighted by Crippen LogP contribution is 2.21. The molecule has 3 rings (SSSR count). The molecule has 1 N–H and O–H groups in total. The summed E-state index contributed by atoms with van der Waals surface area (Å²) in [5.74, 6) is 1.37. The first-order valence-corrected chi connectivity index (χ1v) is 11.4. The van der Waals surface area contributed by atoms with E-state index in [2.05, 4.69) is 13.8 Å². The summed E-state index contributed by atoms with van der Waals surface area (Å²) in [7, 11) is -3.73. The van der Waals surface area contributed by atoms with Crippen LogP contribution in [0.25, 0.3) is 0 Å². The Morgan fingerprint density at radius 1 is 1.14 bits per heavy atom. The summed E-state index contributed by atoms with van der Waals surface area (Å²) < 4.78 is 27.2. The van der Waals surface area contributed by atoms with Crippen molar-refractivity contribution in [1.82, 2.24) is 9.21 Å². The molecule has 28 heavy (non-hydrogen) atoms. The van der Waals surface area contributed by atoms with Crippen LogP contribution in [0.4, 0.5) is 0 Å². The molecule has 1 unspecified atom stereocenters. The van der Waals surface area contributed by atoms with Crippen molar-refractivity contribution in [3.05, 3.63) is 29.8 Å². The predicted molar refractivity (Wildman–Crippen MR) is 105 cm³/mol. The fourth-order valence-corrected chi connectivity index (χ4v) is 6.06. The van der Waals surface area contributed by atoms with Crippen LogP contribution in [0.15, 0.2) is 29.2 Å². The van der Waals surface area contributed by atoms with Crippen LogP contribution in [0.3, 0.4) is 0 Å². The summed E-state index contributed by atoms with van der Waals surface area (Å²) >= 11 is 0. The van der Waals surface area contributed by atoms with Crippen LogP contribution < -0.4 is 4.90 Å². The molecule has 0 bridgehead atoms. The van der Waals surface area contributed by atoms with Gasteiger partial charge in [-0.15, -0.1) is 0 Å². The largest absolute Gasteiger partial charge is 0.335 e. The zero-order valence-corrected chi connectivity index (χ0v) is 17.4. The smallest absolute Gasteiger partial charge is 0.277 e. The lowest BCUT2D eigenvalue weighted by atomic mass is 9.92. The zero-order valence-electron chi connectivity index (χ0n) is 16.6. The van der Waals surface area contributed by atoms with E-state index in [1.807, 2.05) is 6.07 Å². The van der Waals surface area contributed by atoms with Gasteiger partial charge in [0.1, 0.15) is 6.07 Å². The number of piperazine rings is 1. The first-order valence-electron chi connectivity index (χ1n) is 9.92. The highest BCUT2D eigenvalue weighted by molar-refractivity contribution is 7.89. The van der Waals surface area contributed by atoms with Crippen LogP contribution in [0, 0.1) is 23.2 Å². The summed E-state index contributed by atoms with van der Waals surface area (Å²) in [6, 6.07) is 8.20. The van der Waals surface area contributed by atoms with Gasteiger partial charge in [-0.1, -0.05) is 26.0 Å². The molecule has 0 radical (unpaired) electrons. The molecule has 2 heterocycles. The summed E-state index contributed by atoms with van der Waals surface area (Å²) in [6.45, 7) is 8.32. The Balaban J connectivity index is 1.59. The van der Waals surface area contributed by atoms with Crippen molar-refractivity contribution in [2.75, 3.05) is 45.8 Å². The molecular formula is C20H29N4O3S+. The molecule has 2 fully saturated rings. The lowest BCUT2D eigenvalue weighted by Crippen LogP contribution is -3.15. The van der Waals surface area contributed by atoms with E-state index in [4.69, 9.17) is 0 Å². The van der Waals surface area contributed by atoms with E-state index < -0.39 is 10.0 Å². The monoisotopic (exact) mass is 405 g/mol. The molecule has 0 aliphatic carbocycles. The predicted octanol–water partition coefficient (Wildman–Crippen LogP) is -0.0480. The highest BCUT2D eigenvalue weighted by Gasteiger charge is 2.33. The van der Waals surface area contributed by atoms with Crippen molar-refractivity contribution < 1.29 is 18.1 Å². The van der Waals surface area contributed by atoms with Crippen molar-refractivity contribution in [1.29, 1.82) is 5.26 Å². The lowest BCUT2D eigenvalue weighted by molar-refractivity contribution is -0.904. The van der Waals surface area contributed by atoms with Crippen LogP contribution in [-0.2, 0) is 14.8 Å². The van der Waals surface area contributed by atoms with Crippen LogP contribution in [0.5, 0.6) is 0 Å². The first-order chi connectivity index (χ1) is 13.3. The molecule has 152 valence electrons. The second kappa shape index (κ2) is 8.60. The molecule has 2 aliphatic rings. The van der Waals surface area contributed by atoms with Gasteiger partial charge in [0.25, 0.3) is 5.91 Å². The number of benzene rings is 1. The van der Waals surface area contributed by atoms with E-state index >= 15 is 0 Å². The summed E-state index contributed by atoms with van der Waals surface area (Å²) in [5.41, 5.74) is 0.151. The van der Waals surface area contributed by atoms with Gasteiger partial charge < -0.3 is 9.80 Å². The standard InChI is InChI=1S/C20H28N4O3S/c1-16-11-17(2)14-22(13-16)15-20(25)23-7-9-24(10-8-23)28(26,27)19-6-4-3-5-18(19)12-21/h3-6,16-17H,7-11,13-15H2,1-2H3/p+1/t16-,17+. The second-order valence-corrected chi connectivity index (χ2v) is 10.1. The molecule has 1 aromatic carbocycles. The average Bonchev–Trinajstić information content (AvgIpc) is 2.67. The van der Waals surface area contributed by atoms with Crippen molar-refractivity contribution in [2.45, 2.75) is 25.2 Å². The van der Waals surface area contributed by atoms with Crippen LogP contribution in [-0.4, -0.2) is 69.3 Å². The number of hydrogen-bond acceptors (Lipinski definition) is 4. The zero-order chi connectivity index (χ0) is 20.3. The van der Waals surface area contributed by atoms with Gasteiger partial charge in [-0.3, -0.25) is 4.79 Å². The van der Waals surface area contributed by atoms with E-state index in [1.165, 1.54) is 27.8 Å². The number of piperidine rings is 1. The van der Waals surface area contributed by atoms with Gasteiger partial charge in [-0.2, -0.15) is 9.57 Å². The molecule has 7 nitrogen and oxygen atoms in total. The number of nitrogens with zero attached hydrogens (tertiary/aromatic N) is 3. The molecule has 8 heteroatoms. The SMILES string of the molecule is C[C@@H]1C[C@H](C)C[NH+](CC(=O)N2CCN(S(=O)(=O)c3ccccc3C#N)CC2)C1. The third-order valence-electron chi connectivity index (χ3n) is 5.70. The number of sulfonamides is 1. The maximum Gasteiger partial charge on any atom is 0.277 e. The molecule has 0 spiro atoms. The first kappa shape index (κ1) is 20.8. The molecule has 2 saturated heterocycles. The fourth-order valence-electron chi connectivity index (χ4n) is 4.49. The topological polar surface area (TPSA) is 85.9 Å². The number of hydrogen-bond donors (Lipinski definition) is 1. The number of carbonyl (C=O) groups excluding carboxylic acids is 1. The Morgan fingerprint density at radius 2 is 1.75 bits per heavy atom. The minimum absolute atomic E-state index is 0.0398. The Labute approximate surface area is 167 Å². The Kier molecular flexibility index (Phi) is 6.38. The number of likely N-dealkylation sites (tertiary alicyclic amines) is 1. The number of nitrogens with one attached hydrogen (secondary N) is 1. The Bertz CT molecular complexity index is 846. The van der Waals surface area contributed by atoms with Crippen LogP contribution >= 0.6 is 0 Å². The molecule has 3 atom stereocenters. The van der Waals surface area contributed by atoms with Gasteiger partial charge in [0.05, 0.1) is 23.5 Å². The van der Waals surface area contributed by atoms with E-state index in [-0.39, 0.29) is 29.5 Å². The van der Waals surface area contributed by atoms with Crippen molar-refractivity contribution >= 4 is 15.9 Å². The quantitative estimate of drug-likeness (QED) is 0.761. The van der Waals surface area contributed by atoms with Gasteiger partial charge >= 0.3 is 0 Å². The summed E-state index contributed by atoms with van der Waals surface area (Å²) in [5, 5.41) is 9.20. The number of nitriles is 1. The third-order valence-corrected chi connectivity index (χ3v) is 7.65. The maximum absolute atomic E-state index is 12.9. The van der Waals surface area contributed by atoms with Crippen molar-refractivity contribution in [3.63, 3.8) is 0 Å². The minimum Gasteiger partial charge on any atom is -0.335 e. The Morgan fingerprint density at radius 3 is 2.36 bits per heavy atom. The summed E-state index contributed by atoms with van der Waals surface area (Å²) in [6.07, 6.45) is 1.22. The minimum atomic E-state index is -3.73. The van der Waals surface area contributed by atoms with Crippen molar-refractivity contribution in [2.24, 2.45) is 11.8 Å². The van der Waals surface area contributed by atoms with E-state index in [0.717, 1.165) is 13.1 Å². The van der Waals surface area contributed by atoms with Gasteiger partial charge in [-0.25, -0.2) is 8.42 Å². The van der Waals surface area contributed by atoms with Crippen LogP contribution in [0.2, 0.25) is 0 Å². The average molecular weight is 406 g/mol. The van der Waals surface area contributed by atoms with Gasteiger partial charge in [0, 0.05) is 38.0 Å². The molecule has 2 aliphatic heterocycles. The fraction of sp³-hybridized carbons (Fsp3) is 0.600. The lowest BCUT2D eigenvalue weighted by Gasteiger charge is -2.36. The maximum atomic E-state index is 12.9. The molecule has 0 aromatic heterocycles. The molecule has 1 aromatic rings. The Hall–Kier alpha value is -1.95. The van der Waals surface area contributed by atoms with E-state index in [0.29, 0.717) is 31.5 Å². The van der Waals surface area contributed by atoms with Gasteiger partial charge in [0.2, 0.25) is 10.0 Å². The number of carbonyl (C=O) groups is 1. The van der Waals surface area contributed by atoms with Gasteiger partial charge in [-0.05, 0) is 18.6 Å². The normalized spacial score (nSPS) is 26.6. The summed E-state index contributed by atoms with van der Waals surface area (Å²) in [4.78, 5) is 15.8. The molecule has 1 amide bonds. The van der Waals surface area contributed by atoms with E-state index in [1.54, 1.807) is 17.0 Å². The van der Waals surface area contributed by atoms with Gasteiger partial charge in [0.15, 0.2) is 6.54 Å². The number of rotatable bonds is 4. The third kappa shape index (κ3) is 4.54. The highest BCUT2D eigenvalue weighted by atomic mass is 32.2. The molecule has 0 saturated carbocycles. The number of amides is 1. The second-order valence-electron chi connectivity index (χ2n) is 8.17. The number of quaternary nitrogens is 1. The van der Waals surface area contributed by atoms with Crippen molar-refractivity contribution in [3.8, 4) is 6.07 Å². The molecular weight excluding hydrogens is 376 g/mol. The van der Waals surface area contributed by atoms with E-state index in [9.17, 15) is 18.5 Å². The van der Waals surface area contributed by atoms with Crippen LogP contribution in [0.1, 0.15) is 25.8 Å².